The van der Waals surface area contributed by atoms with E-state index in [-0.39, 0.29) is 5.70 Å². The molecule has 7 heteroatoms. The third-order valence-corrected chi connectivity index (χ3v) is 4.86. The van der Waals surface area contributed by atoms with Gasteiger partial charge < -0.3 is 24.5 Å². The summed E-state index contributed by atoms with van der Waals surface area (Å²) in [6, 6.07) is 17.9. The highest BCUT2D eigenvalue weighted by atomic mass is 16.5. The number of benzene rings is 2. The summed E-state index contributed by atoms with van der Waals surface area (Å²) >= 11 is 0. The van der Waals surface area contributed by atoms with E-state index in [1.165, 1.54) is 12.3 Å². The average Bonchev–Trinajstić information content (AvgIpc) is 3.35. The number of hydrogen-bond acceptors (Lipinski definition) is 5. The summed E-state index contributed by atoms with van der Waals surface area (Å²) in [5.41, 5.74) is 1.59. The Morgan fingerprint density at radius 3 is 2.52 bits per heavy atom. The molecule has 3 aromatic rings. The Labute approximate surface area is 193 Å². The normalized spacial score (nSPS) is 11.0. The molecule has 0 aliphatic carbocycles. The number of para-hydroxylation sites is 1. The lowest BCUT2D eigenvalue weighted by Gasteiger charge is -2.12. The number of aryl methyl sites for hydroxylation is 1. The van der Waals surface area contributed by atoms with Gasteiger partial charge in [-0.2, -0.15) is 0 Å². The van der Waals surface area contributed by atoms with Crippen LogP contribution in [0.4, 0.5) is 0 Å². The molecule has 1 aromatic heterocycles. The van der Waals surface area contributed by atoms with Gasteiger partial charge in [-0.15, -0.1) is 0 Å². The molecule has 0 saturated carbocycles. The fourth-order valence-corrected chi connectivity index (χ4v) is 3.19. The third kappa shape index (κ3) is 7.00. The van der Waals surface area contributed by atoms with Gasteiger partial charge in [-0.3, -0.25) is 9.59 Å². The van der Waals surface area contributed by atoms with E-state index >= 15 is 0 Å². The Hall–Kier alpha value is -4.00. The Bertz CT molecular complexity index is 1070. The molecule has 0 aliphatic rings. The number of hydrogen-bond donors (Lipinski definition) is 2. The second-order valence-corrected chi connectivity index (χ2v) is 7.16. The second kappa shape index (κ2) is 12.1. The molecule has 172 valence electrons. The molecule has 0 unspecified atom stereocenters. The van der Waals surface area contributed by atoms with E-state index in [1.807, 2.05) is 31.2 Å². The fraction of sp³-hybridized carbons (Fsp3) is 0.231. The van der Waals surface area contributed by atoms with E-state index in [0.29, 0.717) is 30.2 Å². The summed E-state index contributed by atoms with van der Waals surface area (Å²) < 4.78 is 16.1. The van der Waals surface area contributed by atoms with Gasteiger partial charge in [0.1, 0.15) is 23.0 Å². The number of furan rings is 1. The zero-order valence-corrected chi connectivity index (χ0v) is 18.8. The number of ether oxygens (including phenoxy) is 2. The van der Waals surface area contributed by atoms with E-state index in [1.54, 1.807) is 43.5 Å². The minimum atomic E-state index is -0.406. The van der Waals surface area contributed by atoms with Crippen LogP contribution in [0.15, 0.2) is 77.0 Å². The van der Waals surface area contributed by atoms with Crippen molar-refractivity contribution in [1.29, 1.82) is 0 Å². The van der Waals surface area contributed by atoms with Crippen molar-refractivity contribution in [3.63, 3.8) is 0 Å². The highest BCUT2D eigenvalue weighted by Gasteiger charge is 2.15. The number of rotatable bonds is 11. The lowest BCUT2D eigenvalue weighted by atomic mass is 10.1. The van der Waals surface area contributed by atoms with Gasteiger partial charge in [0.25, 0.3) is 11.8 Å². The maximum atomic E-state index is 12.8. The molecule has 3 rings (SSSR count). The predicted octanol–water partition coefficient (Wildman–Crippen LogP) is 4.21. The van der Waals surface area contributed by atoms with Crippen molar-refractivity contribution >= 4 is 17.9 Å². The minimum absolute atomic E-state index is 0.0977. The van der Waals surface area contributed by atoms with Crippen molar-refractivity contribution in [2.24, 2.45) is 0 Å². The molecule has 1 heterocycles. The van der Waals surface area contributed by atoms with Gasteiger partial charge in [-0.05, 0) is 67.8 Å². The summed E-state index contributed by atoms with van der Waals surface area (Å²) in [4.78, 5) is 25.5. The number of carbonyl (C=O) groups is 2. The van der Waals surface area contributed by atoms with Crippen LogP contribution in [0.25, 0.3) is 6.08 Å². The van der Waals surface area contributed by atoms with Gasteiger partial charge in [-0.25, -0.2) is 0 Å². The number of methoxy groups -OCH3 is 1. The predicted molar refractivity (Wildman–Crippen MR) is 126 cm³/mol. The van der Waals surface area contributed by atoms with Crippen LogP contribution in [0.2, 0.25) is 0 Å². The van der Waals surface area contributed by atoms with E-state index < -0.39 is 11.8 Å². The highest BCUT2D eigenvalue weighted by Crippen LogP contribution is 2.19. The first-order valence-corrected chi connectivity index (χ1v) is 10.8. The van der Waals surface area contributed by atoms with Crippen LogP contribution in [0.5, 0.6) is 11.5 Å². The van der Waals surface area contributed by atoms with Gasteiger partial charge >= 0.3 is 0 Å². The van der Waals surface area contributed by atoms with Crippen molar-refractivity contribution in [2.45, 2.75) is 19.8 Å². The quantitative estimate of drug-likeness (QED) is 0.339. The summed E-state index contributed by atoms with van der Waals surface area (Å²) in [5.74, 6) is 1.15. The van der Waals surface area contributed by atoms with Gasteiger partial charge in [0.15, 0.2) is 0 Å². The third-order valence-electron chi connectivity index (χ3n) is 4.86. The fourth-order valence-electron chi connectivity index (χ4n) is 3.19. The molecule has 2 aromatic carbocycles. The summed E-state index contributed by atoms with van der Waals surface area (Å²) in [6.07, 6.45) is 4.48. The topological polar surface area (TPSA) is 89.8 Å². The summed E-state index contributed by atoms with van der Waals surface area (Å²) in [5, 5.41) is 5.55. The standard InChI is InChI=1S/C26H28N2O5/c1-3-32-24-11-5-4-8-19(24)9-6-16-27-26(30)23(18-22-10-7-17-33-22)28-25(29)20-12-14-21(31-2)15-13-20/h4-5,7-8,10-15,17-18H,3,6,9,16H2,1-2H3,(H,27,30)(H,28,29)/b23-18-. The van der Waals surface area contributed by atoms with E-state index in [0.717, 1.165) is 24.2 Å². The summed E-state index contributed by atoms with van der Waals surface area (Å²) in [7, 11) is 1.55. The Morgan fingerprint density at radius 1 is 1.03 bits per heavy atom. The molecule has 2 amide bonds. The zero-order chi connectivity index (χ0) is 23.5. The maximum Gasteiger partial charge on any atom is 0.267 e. The van der Waals surface area contributed by atoms with Gasteiger partial charge in [-0.1, -0.05) is 18.2 Å². The molecular formula is C26H28N2O5. The number of amides is 2. The first kappa shape index (κ1) is 23.7. The van der Waals surface area contributed by atoms with E-state index in [2.05, 4.69) is 10.6 Å². The minimum Gasteiger partial charge on any atom is -0.497 e. The van der Waals surface area contributed by atoms with Crippen LogP contribution in [-0.2, 0) is 11.2 Å². The lowest BCUT2D eigenvalue weighted by molar-refractivity contribution is -0.117. The average molecular weight is 449 g/mol. The van der Waals surface area contributed by atoms with Crippen molar-refractivity contribution in [2.75, 3.05) is 20.3 Å². The van der Waals surface area contributed by atoms with E-state index in [4.69, 9.17) is 13.9 Å². The first-order valence-electron chi connectivity index (χ1n) is 10.8. The number of nitrogens with one attached hydrogen (secondary N) is 2. The van der Waals surface area contributed by atoms with Crippen LogP contribution in [0, 0.1) is 0 Å². The molecule has 33 heavy (non-hydrogen) atoms. The monoisotopic (exact) mass is 448 g/mol. The largest absolute Gasteiger partial charge is 0.497 e. The zero-order valence-electron chi connectivity index (χ0n) is 18.8. The van der Waals surface area contributed by atoms with Crippen molar-refractivity contribution in [3.8, 4) is 11.5 Å². The molecule has 0 aliphatic heterocycles. The Balaban J connectivity index is 1.62. The Kier molecular flexibility index (Phi) is 8.71. The van der Waals surface area contributed by atoms with Crippen LogP contribution in [-0.4, -0.2) is 32.1 Å². The first-order chi connectivity index (χ1) is 16.1. The maximum absolute atomic E-state index is 12.8. The molecule has 7 nitrogen and oxygen atoms in total. The van der Waals surface area contributed by atoms with Crippen molar-refractivity contribution in [3.05, 3.63) is 89.5 Å². The smallest absolute Gasteiger partial charge is 0.267 e. The van der Waals surface area contributed by atoms with Gasteiger partial charge in [0.2, 0.25) is 0 Å². The molecule has 0 radical (unpaired) electrons. The SMILES string of the molecule is CCOc1ccccc1CCCNC(=O)/C(=C/c1ccco1)NC(=O)c1ccc(OC)cc1. The molecule has 0 spiro atoms. The van der Waals surface area contributed by atoms with Crippen LogP contribution in [0.3, 0.4) is 0 Å². The Morgan fingerprint density at radius 2 is 1.82 bits per heavy atom. The van der Waals surface area contributed by atoms with Crippen LogP contribution in [0.1, 0.15) is 35.0 Å². The second-order valence-electron chi connectivity index (χ2n) is 7.16. The number of carbonyl (C=O) groups excluding carboxylic acids is 2. The van der Waals surface area contributed by atoms with Gasteiger partial charge in [0.05, 0.1) is 20.0 Å². The molecule has 0 fully saturated rings. The summed E-state index contributed by atoms with van der Waals surface area (Å²) in [6.45, 7) is 2.99. The molecule has 0 saturated heterocycles. The van der Waals surface area contributed by atoms with Crippen molar-refractivity contribution < 1.29 is 23.5 Å². The molecular weight excluding hydrogens is 420 g/mol. The lowest BCUT2D eigenvalue weighted by Crippen LogP contribution is -2.35. The van der Waals surface area contributed by atoms with Gasteiger partial charge in [0, 0.05) is 18.2 Å². The van der Waals surface area contributed by atoms with E-state index in [9.17, 15) is 9.59 Å². The van der Waals surface area contributed by atoms with Crippen molar-refractivity contribution in [1.82, 2.24) is 10.6 Å². The highest BCUT2D eigenvalue weighted by molar-refractivity contribution is 6.05. The van der Waals surface area contributed by atoms with Crippen LogP contribution < -0.4 is 20.1 Å². The molecule has 2 N–H and O–H groups in total. The van der Waals surface area contributed by atoms with Crippen LogP contribution >= 0.6 is 0 Å². The molecule has 0 bridgehead atoms. The molecule has 0 atom stereocenters.